The largest absolute Gasteiger partial charge is 0.348 e. The van der Waals surface area contributed by atoms with E-state index in [-0.39, 0.29) is 5.91 Å². The summed E-state index contributed by atoms with van der Waals surface area (Å²) >= 11 is 7.29. The van der Waals surface area contributed by atoms with Crippen LogP contribution in [0.15, 0.2) is 29.1 Å². The van der Waals surface area contributed by atoms with Crippen LogP contribution in [0.3, 0.4) is 0 Å². The maximum Gasteiger partial charge on any atom is 0.253 e. The van der Waals surface area contributed by atoms with Gasteiger partial charge in [0, 0.05) is 12.7 Å². The minimum absolute atomic E-state index is 0.139. The van der Waals surface area contributed by atoms with E-state index in [1.54, 1.807) is 23.5 Å². The number of aromatic nitrogens is 1. The van der Waals surface area contributed by atoms with Gasteiger partial charge in [-0.25, -0.2) is 4.98 Å². The molecule has 0 fully saturated rings. The minimum Gasteiger partial charge on any atom is -0.348 e. The second-order valence-corrected chi connectivity index (χ2v) is 4.76. The topological polar surface area (TPSA) is 42.0 Å². The third kappa shape index (κ3) is 3.05. The first-order valence-electron chi connectivity index (χ1n) is 5.08. The predicted octanol–water partition coefficient (Wildman–Crippen LogP) is 3.03. The second kappa shape index (κ2) is 5.29. The Kier molecular flexibility index (Phi) is 3.76. The molecular formula is C12H11ClN2OS. The van der Waals surface area contributed by atoms with Crippen LogP contribution in [0.2, 0.25) is 5.15 Å². The zero-order chi connectivity index (χ0) is 12.3. The molecule has 0 bridgehead atoms. The summed E-state index contributed by atoms with van der Waals surface area (Å²) in [6.07, 6.45) is 1.47. The Hall–Kier alpha value is -1.39. The number of pyridine rings is 1. The van der Waals surface area contributed by atoms with Crippen molar-refractivity contribution in [3.63, 3.8) is 0 Å². The van der Waals surface area contributed by atoms with Crippen LogP contribution in [-0.4, -0.2) is 10.9 Å². The van der Waals surface area contributed by atoms with Gasteiger partial charge in [-0.15, -0.1) is 0 Å². The summed E-state index contributed by atoms with van der Waals surface area (Å²) in [7, 11) is 0. The smallest absolute Gasteiger partial charge is 0.253 e. The van der Waals surface area contributed by atoms with Crippen LogP contribution in [0.5, 0.6) is 0 Å². The van der Waals surface area contributed by atoms with E-state index in [4.69, 9.17) is 11.6 Å². The van der Waals surface area contributed by atoms with Crippen molar-refractivity contribution in [3.05, 3.63) is 50.9 Å². The van der Waals surface area contributed by atoms with Crippen molar-refractivity contribution >= 4 is 28.8 Å². The Morgan fingerprint density at radius 1 is 1.47 bits per heavy atom. The Bertz CT molecular complexity index is 522. The molecule has 88 valence electrons. The molecule has 2 heterocycles. The lowest BCUT2D eigenvalue weighted by molar-refractivity contribution is 0.0950. The van der Waals surface area contributed by atoms with Gasteiger partial charge in [-0.1, -0.05) is 11.6 Å². The van der Waals surface area contributed by atoms with Gasteiger partial charge in [-0.05, 0) is 40.9 Å². The Morgan fingerprint density at radius 2 is 2.29 bits per heavy atom. The van der Waals surface area contributed by atoms with Crippen LogP contribution in [-0.2, 0) is 6.54 Å². The first kappa shape index (κ1) is 12.1. The number of nitrogens with one attached hydrogen (secondary N) is 1. The first-order chi connectivity index (χ1) is 8.16. The van der Waals surface area contributed by atoms with E-state index >= 15 is 0 Å². The number of carbonyl (C=O) groups excluding carboxylic acids is 1. The number of halogens is 1. The molecule has 2 aromatic rings. The quantitative estimate of drug-likeness (QED) is 0.868. The van der Waals surface area contributed by atoms with E-state index in [0.29, 0.717) is 17.3 Å². The molecule has 0 aliphatic heterocycles. The molecule has 3 nitrogen and oxygen atoms in total. The predicted molar refractivity (Wildman–Crippen MR) is 69.5 cm³/mol. The maximum atomic E-state index is 11.8. The third-order valence-corrected chi connectivity index (χ3v) is 3.52. The lowest BCUT2D eigenvalue weighted by Crippen LogP contribution is -2.22. The summed E-state index contributed by atoms with van der Waals surface area (Å²) in [6, 6.07) is 3.26. The highest BCUT2D eigenvalue weighted by Gasteiger charge is 2.06. The molecule has 0 aromatic carbocycles. The number of nitrogens with zero attached hydrogens (tertiary/aromatic N) is 1. The summed E-state index contributed by atoms with van der Waals surface area (Å²) in [5, 5.41) is 7.33. The Labute approximate surface area is 108 Å². The number of aryl methyl sites for hydroxylation is 1. The van der Waals surface area contributed by atoms with E-state index in [1.165, 1.54) is 11.8 Å². The zero-order valence-corrected chi connectivity index (χ0v) is 10.8. The number of carbonyl (C=O) groups is 1. The molecule has 0 spiro atoms. The fraction of sp³-hybridized carbons (Fsp3) is 0.167. The first-order valence-corrected chi connectivity index (χ1v) is 6.40. The molecule has 0 atom stereocenters. The SMILES string of the molecule is Cc1cscc1CNC(=O)c1ccc(Cl)nc1. The standard InChI is InChI=1S/C12H11ClN2OS/c1-8-6-17-7-10(8)5-15-12(16)9-2-3-11(13)14-4-9/h2-4,6-7H,5H2,1H3,(H,15,16). The van der Waals surface area contributed by atoms with Crippen LogP contribution in [0, 0.1) is 6.92 Å². The Balaban J connectivity index is 1.98. The van der Waals surface area contributed by atoms with Crippen molar-refractivity contribution in [2.75, 3.05) is 0 Å². The highest BCUT2D eigenvalue weighted by molar-refractivity contribution is 7.08. The van der Waals surface area contributed by atoms with Crippen LogP contribution < -0.4 is 5.32 Å². The molecule has 2 aromatic heterocycles. The molecule has 17 heavy (non-hydrogen) atoms. The fourth-order valence-corrected chi connectivity index (χ4v) is 2.32. The van der Waals surface area contributed by atoms with Gasteiger partial charge in [-0.3, -0.25) is 4.79 Å². The highest BCUT2D eigenvalue weighted by Crippen LogP contribution is 2.13. The molecule has 1 amide bonds. The van der Waals surface area contributed by atoms with E-state index in [9.17, 15) is 4.79 Å². The van der Waals surface area contributed by atoms with Gasteiger partial charge in [0.05, 0.1) is 5.56 Å². The molecule has 2 rings (SSSR count). The zero-order valence-electron chi connectivity index (χ0n) is 9.24. The van der Waals surface area contributed by atoms with Gasteiger partial charge in [-0.2, -0.15) is 11.3 Å². The number of amides is 1. The van der Waals surface area contributed by atoms with E-state index < -0.39 is 0 Å². The van der Waals surface area contributed by atoms with Gasteiger partial charge >= 0.3 is 0 Å². The van der Waals surface area contributed by atoms with Crippen LogP contribution >= 0.6 is 22.9 Å². The molecule has 0 unspecified atom stereocenters. The Morgan fingerprint density at radius 3 is 2.88 bits per heavy atom. The van der Waals surface area contributed by atoms with E-state index in [0.717, 1.165) is 5.56 Å². The average molecular weight is 267 g/mol. The number of hydrogen-bond donors (Lipinski definition) is 1. The van der Waals surface area contributed by atoms with E-state index in [2.05, 4.69) is 15.7 Å². The average Bonchev–Trinajstić information content (AvgIpc) is 2.73. The summed E-state index contributed by atoms with van der Waals surface area (Å²) in [5.41, 5.74) is 2.86. The van der Waals surface area contributed by atoms with Crippen LogP contribution in [0.1, 0.15) is 21.5 Å². The summed E-state index contributed by atoms with van der Waals surface area (Å²) in [4.78, 5) is 15.6. The molecule has 1 N–H and O–H groups in total. The maximum absolute atomic E-state index is 11.8. The molecule has 0 aliphatic rings. The number of hydrogen-bond acceptors (Lipinski definition) is 3. The van der Waals surface area contributed by atoms with Crippen LogP contribution in [0.25, 0.3) is 0 Å². The monoisotopic (exact) mass is 266 g/mol. The fourth-order valence-electron chi connectivity index (χ4n) is 1.36. The second-order valence-electron chi connectivity index (χ2n) is 3.63. The third-order valence-electron chi connectivity index (χ3n) is 2.39. The summed E-state index contributed by atoms with van der Waals surface area (Å²) < 4.78 is 0. The van der Waals surface area contributed by atoms with Crippen molar-refractivity contribution in [1.82, 2.24) is 10.3 Å². The molecule has 0 radical (unpaired) electrons. The lowest BCUT2D eigenvalue weighted by Gasteiger charge is -2.04. The summed E-state index contributed by atoms with van der Waals surface area (Å²) in [5.74, 6) is -0.139. The van der Waals surface area contributed by atoms with Gasteiger partial charge < -0.3 is 5.32 Å². The normalized spacial score (nSPS) is 10.2. The van der Waals surface area contributed by atoms with E-state index in [1.807, 2.05) is 12.3 Å². The minimum atomic E-state index is -0.139. The van der Waals surface area contributed by atoms with Gasteiger partial charge in [0.25, 0.3) is 5.91 Å². The van der Waals surface area contributed by atoms with Gasteiger partial charge in [0.1, 0.15) is 5.15 Å². The number of rotatable bonds is 3. The molecule has 0 saturated heterocycles. The van der Waals surface area contributed by atoms with Gasteiger partial charge in [0.2, 0.25) is 0 Å². The van der Waals surface area contributed by atoms with Crippen molar-refractivity contribution < 1.29 is 4.79 Å². The summed E-state index contributed by atoms with van der Waals surface area (Å²) in [6.45, 7) is 2.57. The van der Waals surface area contributed by atoms with Crippen molar-refractivity contribution in [3.8, 4) is 0 Å². The van der Waals surface area contributed by atoms with Crippen molar-refractivity contribution in [1.29, 1.82) is 0 Å². The molecule has 5 heteroatoms. The molecule has 0 saturated carbocycles. The van der Waals surface area contributed by atoms with Crippen molar-refractivity contribution in [2.45, 2.75) is 13.5 Å². The van der Waals surface area contributed by atoms with Crippen LogP contribution in [0.4, 0.5) is 0 Å². The van der Waals surface area contributed by atoms with Gasteiger partial charge in [0.15, 0.2) is 0 Å². The molecule has 0 aliphatic carbocycles. The lowest BCUT2D eigenvalue weighted by atomic mass is 10.2. The highest BCUT2D eigenvalue weighted by atomic mass is 35.5. The van der Waals surface area contributed by atoms with Crippen molar-refractivity contribution in [2.24, 2.45) is 0 Å². The number of thiophene rings is 1. The molecular weight excluding hydrogens is 256 g/mol.